The van der Waals surface area contributed by atoms with Gasteiger partial charge in [-0.05, 0) is 57.2 Å². The molecule has 0 unspecified atom stereocenters. The van der Waals surface area contributed by atoms with Crippen LogP contribution < -0.4 is 4.72 Å². The molecule has 1 aromatic rings. The van der Waals surface area contributed by atoms with E-state index in [1.54, 1.807) is 0 Å². The fourth-order valence-corrected chi connectivity index (χ4v) is 5.21. The Hall–Kier alpha value is -0.910. The van der Waals surface area contributed by atoms with Gasteiger partial charge in [0, 0.05) is 12.6 Å². The van der Waals surface area contributed by atoms with Crippen LogP contribution in [0.1, 0.15) is 49.7 Å². The molecular weight excluding hydrogens is 320 g/mol. The minimum absolute atomic E-state index is 0.0776. The van der Waals surface area contributed by atoms with E-state index < -0.39 is 10.0 Å². The Balaban J connectivity index is 1.42. The third-order valence-corrected chi connectivity index (χ3v) is 6.88. The summed E-state index contributed by atoms with van der Waals surface area (Å²) in [5.74, 6) is 0.559. The lowest BCUT2D eigenvalue weighted by molar-refractivity contribution is 0.135. The zero-order valence-corrected chi connectivity index (χ0v) is 15.5. The number of hydrogen-bond donors (Lipinski definition) is 1. The minimum Gasteiger partial charge on any atom is -0.300 e. The SMILES string of the molecule is Cc1ccc(CS(=O)(=O)NCC2CCN(C3CCCC3)CC2)cc1. The summed E-state index contributed by atoms with van der Waals surface area (Å²) in [6.45, 7) is 4.87. The minimum atomic E-state index is -3.24. The maximum atomic E-state index is 12.3. The van der Waals surface area contributed by atoms with Crippen LogP contribution in [0.2, 0.25) is 0 Å². The zero-order valence-electron chi connectivity index (χ0n) is 14.7. The summed E-state index contributed by atoms with van der Waals surface area (Å²) < 4.78 is 27.4. The predicted octanol–water partition coefficient (Wildman–Crippen LogP) is 3.07. The van der Waals surface area contributed by atoms with Crippen LogP contribution in [0.5, 0.6) is 0 Å². The Morgan fingerprint density at radius 1 is 1.04 bits per heavy atom. The first kappa shape index (κ1) is 17.9. The molecule has 3 rings (SSSR count). The number of nitrogens with one attached hydrogen (secondary N) is 1. The summed E-state index contributed by atoms with van der Waals surface area (Å²) in [6.07, 6.45) is 7.70. The Bertz CT molecular complexity index is 613. The van der Waals surface area contributed by atoms with Gasteiger partial charge >= 0.3 is 0 Å². The molecule has 1 aliphatic heterocycles. The highest BCUT2D eigenvalue weighted by molar-refractivity contribution is 7.88. The number of hydrogen-bond acceptors (Lipinski definition) is 3. The van der Waals surface area contributed by atoms with Crippen LogP contribution in [0.15, 0.2) is 24.3 Å². The highest BCUT2D eigenvalue weighted by Crippen LogP contribution is 2.27. The molecule has 2 aliphatic rings. The third-order valence-electron chi connectivity index (χ3n) is 5.56. The van der Waals surface area contributed by atoms with Crippen LogP contribution in [0.4, 0.5) is 0 Å². The predicted molar refractivity (Wildman–Crippen MR) is 98.4 cm³/mol. The number of nitrogens with zero attached hydrogens (tertiary/aromatic N) is 1. The molecule has 0 radical (unpaired) electrons. The van der Waals surface area contributed by atoms with E-state index in [-0.39, 0.29) is 5.75 Å². The Morgan fingerprint density at radius 2 is 1.67 bits per heavy atom. The molecular formula is C19H30N2O2S. The van der Waals surface area contributed by atoms with E-state index in [1.165, 1.54) is 25.7 Å². The van der Waals surface area contributed by atoms with Crippen LogP contribution in [0.3, 0.4) is 0 Å². The second kappa shape index (κ2) is 7.98. The van der Waals surface area contributed by atoms with Crippen LogP contribution in [0, 0.1) is 12.8 Å². The lowest BCUT2D eigenvalue weighted by Crippen LogP contribution is -2.42. The van der Waals surface area contributed by atoms with Crippen molar-refractivity contribution < 1.29 is 8.42 Å². The van der Waals surface area contributed by atoms with Crippen molar-refractivity contribution >= 4 is 10.0 Å². The van der Waals surface area contributed by atoms with Gasteiger partial charge in [-0.2, -0.15) is 0 Å². The van der Waals surface area contributed by atoms with Crippen molar-refractivity contribution in [2.24, 2.45) is 5.92 Å². The molecule has 4 nitrogen and oxygen atoms in total. The van der Waals surface area contributed by atoms with Crippen molar-refractivity contribution in [3.05, 3.63) is 35.4 Å². The smallest absolute Gasteiger partial charge is 0.215 e. The van der Waals surface area contributed by atoms with E-state index in [0.29, 0.717) is 12.5 Å². The van der Waals surface area contributed by atoms with Gasteiger partial charge in [0.25, 0.3) is 0 Å². The molecule has 0 amide bonds. The van der Waals surface area contributed by atoms with Crippen molar-refractivity contribution in [2.75, 3.05) is 19.6 Å². The lowest BCUT2D eigenvalue weighted by Gasteiger charge is -2.36. The number of benzene rings is 1. The van der Waals surface area contributed by atoms with E-state index in [4.69, 9.17) is 0 Å². The van der Waals surface area contributed by atoms with Gasteiger partial charge in [-0.15, -0.1) is 0 Å². The summed E-state index contributed by atoms with van der Waals surface area (Å²) >= 11 is 0. The summed E-state index contributed by atoms with van der Waals surface area (Å²) in [7, 11) is -3.24. The number of sulfonamides is 1. The fourth-order valence-electron chi connectivity index (χ4n) is 3.99. The molecule has 1 N–H and O–H groups in total. The van der Waals surface area contributed by atoms with Gasteiger partial charge in [0.2, 0.25) is 10.0 Å². The Morgan fingerprint density at radius 3 is 2.29 bits per heavy atom. The van der Waals surface area contributed by atoms with E-state index in [2.05, 4.69) is 9.62 Å². The highest BCUT2D eigenvalue weighted by atomic mass is 32.2. The summed E-state index contributed by atoms with van der Waals surface area (Å²) in [6, 6.07) is 8.51. The normalized spacial score (nSPS) is 21.4. The number of rotatable bonds is 6. The van der Waals surface area contributed by atoms with Crippen molar-refractivity contribution in [2.45, 2.75) is 57.2 Å². The summed E-state index contributed by atoms with van der Waals surface area (Å²) in [4.78, 5) is 2.63. The van der Waals surface area contributed by atoms with Gasteiger partial charge in [0.15, 0.2) is 0 Å². The van der Waals surface area contributed by atoms with Crippen molar-refractivity contribution in [3.8, 4) is 0 Å². The molecule has 0 atom stereocenters. The van der Waals surface area contributed by atoms with Gasteiger partial charge in [-0.3, -0.25) is 0 Å². The molecule has 5 heteroatoms. The molecule has 1 saturated carbocycles. The van der Waals surface area contributed by atoms with Crippen LogP contribution in [-0.4, -0.2) is 39.0 Å². The van der Waals surface area contributed by atoms with Gasteiger partial charge in [-0.1, -0.05) is 42.7 Å². The molecule has 0 spiro atoms. The zero-order chi connectivity index (χ0) is 17.0. The lowest BCUT2D eigenvalue weighted by atomic mass is 9.96. The molecule has 24 heavy (non-hydrogen) atoms. The van der Waals surface area contributed by atoms with Gasteiger partial charge in [0.1, 0.15) is 0 Å². The first-order chi connectivity index (χ1) is 11.5. The quantitative estimate of drug-likeness (QED) is 0.858. The largest absolute Gasteiger partial charge is 0.300 e. The average Bonchev–Trinajstić information content (AvgIpc) is 3.10. The molecule has 1 aliphatic carbocycles. The van der Waals surface area contributed by atoms with Crippen LogP contribution in [0.25, 0.3) is 0 Å². The maximum Gasteiger partial charge on any atom is 0.215 e. The summed E-state index contributed by atoms with van der Waals surface area (Å²) in [5, 5.41) is 0. The van der Waals surface area contributed by atoms with Gasteiger partial charge in [-0.25, -0.2) is 13.1 Å². The second-order valence-electron chi connectivity index (χ2n) is 7.51. The second-order valence-corrected chi connectivity index (χ2v) is 9.32. The molecule has 1 heterocycles. The van der Waals surface area contributed by atoms with Crippen molar-refractivity contribution in [1.29, 1.82) is 0 Å². The average molecular weight is 351 g/mol. The molecule has 0 aromatic heterocycles. The molecule has 2 fully saturated rings. The number of likely N-dealkylation sites (tertiary alicyclic amines) is 1. The standard InChI is InChI=1S/C19H30N2O2S/c1-16-6-8-18(9-7-16)15-24(22,23)20-14-17-10-12-21(13-11-17)19-4-2-3-5-19/h6-9,17,19-20H,2-5,10-15H2,1H3. The summed E-state index contributed by atoms with van der Waals surface area (Å²) in [5.41, 5.74) is 2.00. The van der Waals surface area contributed by atoms with Crippen LogP contribution in [-0.2, 0) is 15.8 Å². The number of aryl methyl sites for hydroxylation is 1. The topological polar surface area (TPSA) is 49.4 Å². The third kappa shape index (κ3) is 5.04. The maximum absolute atomic E-state index is 12.3. The molecule has 1 saturated heterocycles. The first-order valence-corrected chi connectivity index (χ1v) is 10.9. The number of piperidine rings is 1. The Kier molecular flexibility index (Phi) is 5.95. The fraction of sp³-hybridized carbons (Fsp3) is 0.684. The van der Waals surface area contributed by atoms with Crippen LogP contribution >= 0.6 is 0 Å². The molecule has 0 bridgehead atoms. The van der Waals surface area contributed by atoms with Crippen molar-refractivity contribution in [1.82, 2.24) is 9.62 Å². The molecule has 1 aromatic carbocycles. The van der Waals surface area contributed by atoms with Gasteiger partial charge < -0.3 is 4.90 Å². The van der Waals surface area contributed by atoms with Crippen molar-refractivity contribution in [3.63, 3.8) is 0 Å². The highest BCUT2D eigenvalue weighted by Gasteiger charge is 2.27. The van der Waals surface area contributed by atoms with E-state index >= 15 is 0 Å². The first-order valence-electron chi connectivity index (χ1n) is 9.29. The van der Waals surface area contributed by atoms with Gasteiger partial charge in [0.05, 0.1) is 5.75 Å². The Labute approximate surface area is 146 Å². The molecule has 134 valence electrons. The van der Waals surface area contributed by atoms with E-state index in [9.17, 15) is 8.42 Å². The monoisotopic (exact) mass is 350 g/mol. The van der Waals surface area contributed by atoms with E-state index in [1.807, 2.05) is 31.2 Å². The van der Waals surface area contributed by atoms with E-state index in [0.717, 1.165) is 43.1 Å².